The van der Waals surface area contributed by atoms with Gasteiger partial charge in [-0.2, -0.15) is 0 Å². The van der Waals surface area contributed by atoms with Crippen molar-refractivity contribution in [2.75, 3.05) is 0 Å². The van der Waals surface area contributed by atoms with Gasteiger partial charge in [-0.15, -0.1) is 0 Å². The molecular formula is C15H14N2. The highest BCUT2D eigenvalue weighted by Crippen LogP contribution is 2.22. The normalized spacial score (nSPS) is 13.5. The van der Waals surface area contributed by atoms with E-state index in [1.807, 2.05) is 13.0 Å². The lowest BCUT2D eigenvalue weighted by atomic mass is 10.2. The largest absolute Gasteiger partial charge is 0.297 e. The predicted molar refractivity (Wildman–Crippen MR) is 71.0 cm³/mol. The van der Waals surface area contributed by atoms with Crippen LogP contribution in [0.5, 0.6) is 0 Å². The minimum absolute atomic E-state index is 0.976. The molecule has 1 aliphatic rings. The number of nitrogens with zero attached hydrogens (tertiary/aromatic N) is 2. The number of benzene rings is 1. The molecule has 2 heteroatoms. The average Bonchev–Trinajstić information content (AvgIpc) is 2.52. The van der Waals surface area contributed by atoms with Crippen molar-refractivity contribution in [3.63, 3.8) is 0 Å². The highest BCUT2D eigenvalue weighted by Gasteiger charge is 2.12. The van der Waals surface area contributed by atoms with Gasteiger partial charge in [0.25, 0.3) is 0 Å². The SMILES string of the molecule is Cc1nc2c(n1-c1ccccc1)C=CCC=C2. The smallest absolute Gasteiger partial charge is 0.111 e. The van der Waals surface area contributed by atoms with E-state index in [1.165, 1.54) is 11.4 Å². The second-order valence-corrected chi connectivity index (χ2v) is 4.14. The summed E-state index contributed by atoms with van der Waals surface area (Å²) in [4.78, 5) is 4.61. The molecule has 84 valence electrons. The molecule has 0 bridgehead atoms. The predicted octanol–water partition coefficient (Wildman–Crippen LogP) is 3.61. The van der Waals surface area contributed by atoms with Crippen molar-refractivity contribution in [3.05, 3.63) is 59.7 Å². The number of hydrogen-bond acceptors (Lipinski definition) is 1. The molecule has 0 atom stereocenters. The molecule has 0 saturated carbocycles. The quantitative estimate of drug-likeness (QED) is 0.720. The standard InChI is InChI=1S/C15H14N2/c1-12-16-14-10-6-3-7-11-15(14)17(12)13-8-4-2-5-9-13/h2,4-11H,3H2,1H3. The van der Waals surface area contributed by atoms with Crippen LogP contribution in [0.4, 0.5) is 0 Å². The second kappa shape index (κ2) is 4.06. The van der Waals surface area contributed by atoms with Crippen LogP contribution in [0.1, 0.15) is 23.6 Å². The lowest BCUT2D eigenvalue weighted by molar-refractivity contribution is 0.965. The van der Waals surface area contributed by atoms with E-state index < -0.39 is 0 Å². The number of aromatic nitrogens is 2. The molecule has 0 N–H and O–H groups in total. The highest BCUT2D eigenvalue weighted by molar-refractivity contribution is 5.65. The van der Waals surface area contributed by atoms with Crippen LogP contribution in [-0.2, 0) is 0 Å². The number of hydrogen-bond donors (Lipinski definition) is 0. The van der Waals surface area contributed by atoms with Crippen molar-refractivity contribution in [1.29, 1.82) is 0 Å². The maximum absolute atomic E-state index is 4.61. The molecule has 17 heavy (non-hydrogen) atoms. The van der Waals surface area contributed by atoms with Crippen LogP contribution < -0.4 is 0 Å². The number of allylic oxidation sites excluding steroid dienone is 2. The summed E-state index contributed by atoms with van der Waals surface area (Å²) >= 11 is 0. The molecule has 0 amide bonds. The van der Waals surface area contributed by atoms with Gasteiger partial charge in [-0.05, 0) is 37.6 Å². The maximum Gasteiger partial charge on any atom is 0.111 e. The van der Waals surface area contributed by atoms with Gasteiger partial charge >= 0.3 is 0 Å². The Bertz CT molecular complexity index is 589. The van der Waals surface area contributed by atoms with E-state index in [0.717, 1.165) is 17.9 Å². The van der Waals surface area contributed by atoms with Gasteiger partial charge in [0.1, 0.15) is 5.82 Å². The fraction of sp³-hybridized carbons (Fsp3) is 0.133. The summed E-state index contributed by atoms with van der Waals surface area (Å²) in [7, 11) is 0. The van der Waals surface area contributed by atoms with E-state index in [-0.39, 0.29) is 0 Å². The van der Waals surface area contributed by atoms with Gasteiger partial charge in [0.15, 0.2) is 0 Å². The third-order valence-corrected chi connectivity index (χ3v) is 2.95. The maximum atomic E-state index is 4.61. The summed E-state index contributed by atoms with van der Waals surface area (Å²) in [6, 6.07) is 10.4. The van der Waals surface area contributed by atoms with E-state index >= 15 is 0 Å². The first kappa shape index (κ1) is 10.1. The summed E-state index contributed by atoms with van der Waals surface area (Å²) in [6.07, 6.45) is 9.54. The molecule has 0 unspecified atom stereocenters. The first-order chi connectivity index (χ1) is 8.36. The Morgan fingerprint density at radius 3 is 2.65 bits per heavy atom. The zero-order valence-electron chi connectivity index (χ0n) is 9.80. The molecule has 1 aromatic carbocycles. The van der Waals surface area contributed by atoms with Crippen LogP contribution >= 0.6 is 0 Å². The lowest BCUT2D eigenvalue weighted by Crippen LogP contribution is -1.98. The Balaban J connectivity index is 2.24. The fourth-order valence-corrected chi connectivity index (χ4v) is 2.19. The van der Waals surface area contributed by atoms with Gasteiger partial charge in [-0.25, -0.2) is 4.98 Å². The molecule has 3 rings (SSSR count). The number of imidazole rings is 1. The second-order valence-electron chi connectivity index (χ2n) is 4.14. The topological polar surface area (TPSA) is 17.8 Å². The highest BCUT2D eigenvalue weighted by atomic mass is 15.1. The van der Waals surface area contributed by atoms with Crippen molar-refractivity contribution in [3.8, 4) is 5.69 Å². The molecular weight excluding hydrogens is 208 g/mol. The van der Waals surface area contributed by atoms with Gasteiger partial charge in [-0.1, -0.05) is 30.4 Å². The van der Waals surface area contributed by atoms with Gasteiger partial charge in [-0.3, -0.25) is 4.57 Å². The number of rotatable bonds is 1. The summed E-state index contributed by atoms with van der Waals surface area (Å²) in [5.74, 6) is 1.03. The minimum atomic E-state index is 0.976. The molecule has 0 radical (unpaired) electrons. The monoisotopic (exact) mass is 222 g/mol. The first-order valence-corrected chi connectivity index (χ1v) is 5.84. The number of fused-ring (bicyclic) bond motifs is 1. The van der Waals surface area contributed by atoms with Gasteiger partial charge in [0, 0.05) is 5.69 Å². The number of aryl methyl sites for hydroxylation is 1. The van der Waals surface area contributed by atoms with Crippen LogP contribution in [0.3, 0.4) is 0 Å². The number of para-hydroxylation sites is 1. The Kier molecular flexibility index (Phi) is 2.41. The van der Waals surface area contributed by atoms with E-state index in [9.17, 15) is 0 Å². The van der Waals surface area contributed by atoms with Gasteiger partial charge in [0.05, 0.1) is 11.4 Å². The Hall–Kier alpha value is -2.09. The molecule has 1 heterocycles. The molecule has 1 aromatic heterocycles. The van der Waals surface area contributed by atoms with Crippen LogP contribution in [0.2, 0.25) is 0 Å². The van der Waals surface area contributed by atoms with Crippen LogP contribution in [0.25, 0.3) is 17.8 Å². The fourth-order valence-electron chi connectivity index (χ4n) is 2.19. The lowest BCUT2D eigenvalue weighted by Gasteiger charge is -2.07. The van der Waals surface area contributed by atoms with E-state index in [1.54, 1.807) is 0 Å². The van der Waals surface area contributed by atoms with Gasteiger partial charge < -0.3 is 0 Å². The molecule has 0 spiro atoms. The van der Waals surface area contributed by atoms with E-state index in [2.05, 4.69) is 58.1 Å². The average molecular weight is 222 g/mol. The van der Waals surface area contributed by atoms with E-state index in [4.69, 9.17) is 0 Å². The minimum Gasteiger partial charge on any atom is -0.297 e. The third-order valence-electron chi connectivity index (χ3n) is 2.95. The molecule has 2 aromatic rings. The Morgan fingerprint density at radius 1 is 1.06 bits per heavy atom. The third kappa shape index (κ3) is 1.72. The molecule has 2 nitrogen and oxygen atoms in total. The molecule has 1 aliphatic carbocycles. The first-order valence-electron chi connectivity index (χ1n) is 5.84. The summed E-state index contributed by atoms with van der Waals surface area (Å²) in [6.45, 7) is 2.04. The van der Waals surface area contributed by atoms with Crippen molar-refractivity contribution < 1.29 is 0 Å². The van der Waals surface area contributed by atoms with Crippen molar-refractivity contribution >= 4 is 12.2 Å². The zero-order valence-corrected chi connectivity index (χ0v) is 9.80. The van der Waals surface area contributed by atoms with Crippen LogP contribution in [-0.4, -0.2) is 9.55 Å². The Morgan fingerprint density at radius 2 is 1.82 bits per heavy atom. The molecule has 0 aliphatic heterocycles. The van der Waals surface area contributed by atoms with Gasteiger partial charge in [0.2, 0.25) is 0 Å². The zero-order chi connectivity index (χ0) is 11.7. The van der Waals surface area contributed by atoms with Crippen molar-refractivity contribution in [1.82, 2.24) is 9.55 Å². The summed E-state index contributed by atoms with van der Waals surface area (Å²) < 4.78 is 2.20. The summed E-state index contributed by atoms with van der Waals surface area (Å²) in [5.41, 5.74) is 3.39. The molecule has 0 saturated heterocycles. The Labute approximate surface area is 101 Å². The van der Waals surface area contributed by atoms with Crippen molar-refractivity contribution in [2.24, 2.45) is 0 Å². The molecule has 0 fully saturated rings. The van der Waals surface area contributed by atoms with E-state index in [0.29, 0.717) is 0 Å². The van der Waals surface area contributed by atoms with Crippen molar-refractivity contribution in [2.45, 2.75) is 13.3 Å². The van der Waals surface area contributed by atoms with Crippen LogP contribution in [0.15, 0.2) is 42.5 Å². The van der Waals surface area contributed by atoms with Crippen LogP contribution in [0, 0.1) is 6.92 Å². The summed E-state index contributed by atoms with van der Waals surface area (Å²) in [5, 5.41) is 0.